The van der Waals surface area contributed by atoms with Gasteiger partial charge in [0.1, 0.15) is 0 Å². The number of aliphatic hydroxyl groups excluding tert-OH is 1. The van der Waals surface area contributed by atoms with Crippen LogP contribution in [0.4, 0.5) is 0 Å². The van der Waals surface area contributed by atoms with Gasteiger partial charge in [-0.15, -0.1) is 0 Å². The van der Waals surface area contributed by atoms with Crippen molar-refractivity contribution < 1.29 is 14.3 Å². The summed E-state index contributed by atoms with van der Waals surface area (Å²) in [5.41, 5.74) is 0.893. The van der Waals surface area contributed by atoms with E-state index in [4.69, 9.17) is 21.1 Å². The zero-order chi connectivity index (χ0) is 15.9. The minimum absolute atomic E-state index is 0.0113. The van der Waals surface area contributed by atoms with Crippen LogP contribution in [0.3, 0.4) is 0 Å². The van der Waals surface area contributed by atoms with Gasteiger partial charge in [0.2, 0.25) is 5.91 Å². The van der Waals surface area contributed by atoms with E-state index < -0.39 is 0 Å². The molecule has 0 atom stereocenters. The predicted molar refractivity (Wildman–Crippen MR) is 84.6 cm³/mol. The molecule has 2 rings (SSSR count). The minimum Gasteiger partial charge on any atom is -0.441 e. The average Bonchev–Trinajstić information content (AvgIpc) is 3.00. The number of oxazole rings is 1. The summed E-state index contributed by atoms with van der Waals surface area (Å²) >= 11 is 5.85. The van der Waals surface area contributed by atoms with Crippen molar-refractivity contribution in [2.75, 3.05) is 19.7 Å². The number of carbonyl (C=O) groups is 1. The molecular weight excluding hydrogens is 304 g/mol. The highest BCUT2D eigenvalue weighted by atomic mass is 35.5. The Morgan fingerprint density at radius 1 is 1.36 bits per heavy atom. The van der Waals surface area contributed by atoms with E-state index in [1.54, 1.807) is 23.2 Å². The third-order valence-electron chi connectivity index (χ3n) is 3.34. The second kappa shape index (κ2) is 7.96. The summed E-state index contributed by atoms with van der Waals surface area (Å²) in [6.07, 6.45) is 2.40. The van der Waals surface area contributed by atoms with Crippen LogP contribution in [0.25, 0.3) is 11.3 Å². The molecule has 0 spiro atoms. The van der Waals surface area contributed by atoms with Gasteiger partial charge in [-0.05, 0) is 31.2 Å². The van der Waals surface area contributed by atoms with Gasteiger partial charge in [-0.1, -0.05) is 11.6 Å². The number of aliphatic hydroxyl groups is 1. The number of rotatable bonds is 7. The van der Waals surface area contributed by atoms with E-state index in [1.165, 1.54) is 0 Å². The molecule has 2 aromatic rings. The molecule has 0 bridgehead atoms. The number of halogens is 1. The minimum atomic E-state index is -0.0285. The maximum absolute atomic E-state index is 12.0. The van der Waals surface area contributed by atoms with Gasteiger partial charge < -0.3 is 14.4 Å². The molecule has 1 amide bonds. The SMILES string of the molecule is CCN(CCO)C(=O)CCc1ncc(-c2ccc(Cl)cc2)o1. The summed E-state index contributed by atoms with van der Waals surface area (Å²) in [7, 11) is 0. The molecule has 5 nitrogen and oxygen atoms in total. The molecule has 0 aliphatic rings. The molecule has 0 saturated carbocycles. The lowest BCUT2D eigenvalue weighted by Crippen LogP contribution is -2.33. The first kappa shape index (κ1) is 16.5. The smallest absolute Gasteiger partial charge is 0.223 e. The predicted octanol–water partition coefficient (Wildman–Crippen LogP) is 2.77. The molecule has 1 aromatic heterocycles. The van der Waals surface area contributed by atoms with E-state index in [2.05, 4.69) is 4.98 Å². The van der Waals surface area contributed by atoms with Crippen molar-refractivity contribution >= 4 is 17.5 Å². The number of likely N-dealkylation sites (N-methyl/N-ethyl adjacent to an activating group) is 1. The van der Waals surface area contributed by atoms with E-state index in [9.17, 15) is 4.79 Å². The summed E-state index contributed by atoms with van der Waals surface area (Å²) in [5, 5.41) is 9.58. The van der Waals surface area contributed by atoms with E-state index in [0.717, 1.165) is 5.56 Å². The van der Waals surface area contributed by atoms with E-state index in [0.29, 0.717) is 42.6 Å². The Balaban J connectivity index is 1.95. The lowest BCUT2D eigenvalue weighted by atomic mass is 10.2. The number of nitrogens with zero attached hydrogens (tertiary/aromatic N) is 2. The highest BCUT2D eigenvalue weighted by molar-refractivity contribution is 6.30. The molecule has 0 radical (unpaired) electrons. The van der Waals surface area contributed by atoms with Gasteiger partial charge in [-0.2, -0.15) is 0 Å². The van der Waals surface area contributed by atoms with Crippen LogP contribution in [0, 0.1) is 0 Å². The largest absolute Gasteiger partial charge is 0.441 e. The number of aryl methyl sites for hydroxylation is 1. The van der Waals surface area contributed by atoms with Gasteiger partial charge in [0.25, 0.3) is 0 Å². The van der Waals surface area contributed by atoms with Crippen molar-refractivity contribution in [3.05, 3.63) is 41.4 Å². The first-order chi connectivity index (χ1) is 10.6. The maximum Gasteiger partial charge on any atom is 0.223 e. The van der Waals surface area contributed by atoms with Crippen LogP contribution in [0.5, 0.6) is 0 Å². The molecule has 0 aliphatic heterocycles. The van der Waals surface area contributed by atoms with Crippen molar-refractivity contribution in [1.29, 1.82) is 0 Å². The van der Waals surface area contributed by atoms with Crippen LogP contribution < -0.4 is 0 Å². The van der Waals surface area contributed by atoms with Crippen molar-refractivity contribution in [3.63, 3.8) is 0 Å². The Morgan fingerprint density at radius 2 is 2.09 bits per heavy atom. The number of benzene rings is 1. The summed E-state index contributed by atoms with van der Waals surface area (Å²) < 4.78 is 5.66. The van der Waals surface area contributed by atoms with Crippen LogP contribution in [0.15, 0.2) is 34.9 Å². The Bertz CT molecular complexity index is 610. The number of carbonyl (C=O) groups excluding carboxylic acids is 1. The normalized spacial score (nSPS) is 10.7. The molecule has 0 fully saturated rings. The highest BCUT2D eigenvalue weighted by Crippen LogP contribution is 2.22. The fourth-order valence-corrected chi connectivity index (χ4v) is 2.25. The van der Waals surface area contributed by atoms with Crippen molar-refractivity contribution in [2.45, 2.75) is 19.8 Å². The second-order valence-corrected chi connectivity index (χ2v) is 5.26. The number of aromatic nitrogens is 1. The summed E-state index contributed by atoms with van der Waals surface area (Å²) in [4.78, 5) is 17.8. The number of hydrogen-bond acceptors (Lipinski definition) is 4. The molecule has 0 unspecified atom stereocenters. The molecule has 1 heterocycles. The Kier molecular flexibility index (Phi) is 5.98. The zero-order valence-electron chi connectivity index (χ0n) is 12.5. The summed E-state index contributed by atoms with van der Waals surface area (Å²) in [6, 6.07) is 7.29. The van der Waals surface area contributed by atoms with Gasteiger partial charge in [-0.25, -0.2) is 4.98 Å². The fourth-order valence-electron chi connectivity index (χ4n) is 2.13. The van der Waals surface area contributed by atoms with E-state index in [1.807, 2.05) is 19.1 Å². The van der Waals surface area contributed by atoms with Gasteiger partial charge in [0.15, 0.2) is 11.7 Å². The lowest BCUT2D eigenvalue weighted by molar-refractivity contribution is -0.131. The highest BCUT2D eigenvalue weighted by Gasteiger charge is 2.13. The maximum atomic E-state index is 12.0. The third-order valence-corrected chi connectivity index (χ3v) is 3.59. The van der Waals surface area contributed by atoms with Crippen molar-refractivity contribution in [1.82, 2.24) is 9.88 Å². The quantitative estimate of drug-likeness (QED) is 0.851. The molecule has 0 saturated heterocycles. The van der Waals surface area contributed by atoms with Gasteiger partial charge >= 0.3 is 0 Å². The van der Waals surface area contributed by atoms with Crippen molar-refractivity contribution in [3.8, 4) is 11.3 Å². The molecule has 1 N–H and O–H groups in total. The zero-order valence-corrected chi connectivity index (χ0v) is 13.2. The van der Waals surface area contributed by atoms with Crippen LogP contribution in [0.1, 0.15) is 19.2 Å². The summed E-state index contributed by atoms with van der Waals surface area (Å²) in [5.74, 6) is 1.17. The topological polar surface area (TPSA) is 66.6 Å². The van der Waals surface area contributed by atoms with Gasteiger partial charge in [0, 0.05) is 36.5 Å². The lowest BCUT2D eigenvalue weighted by Gasteiger charge is -2.19. The molecule has 118 valence electrons. The molecule has 1 aromatic carbocycles. The van der Waals surface area contributed by atoms with Gasteiger partial charge in [0.05, 0.1) is 12.8 Å². The fraction of sp³-hybridized carbons (Fsp3) is 0.375. The van der Waals surface area contributed by atoms with E-state index >= 15 is 0 Å². The first-order valence-electron chi connectivity index (χ1n) is 7.23. The Labute approximate surface area is 134 Å². The first-order valence-corrected chi connectivity index (χ1v) is 7.61. The molecular formula is C16H19ClN2O3. The summed E-state index contributed by atoms with van der Waals surface area (Å²) in [6.45, 7) is 2.80. The van der Waals surface area contributed by atoms with Crippen LogP contribution in [-0.2, 0) is 11.2 Å². The number of hydrogen-bond donors (Lipinski definition) is 1. The Hall–Kier alpha value is -1.85. The molecule has 22 heavy (non-hydrogen) atoms. The van der Waals surface area contributed by atoms with E-state index in [-0.39, 0.29) is 12.5 Å². The average molecular weight is 323 g/mol. The number of amides is 1. The molecule has 6 heteroatoms. The standard InChI is InChI=1S/C16H19ClN2O3/c1-2-19(9-10-20)16(21)8-7-15-18-11-14(22-15)12-3-5-13(17)6-4-12/h3-6,11,20H,2,7-10H2,1H3. The van der Waals surface area contributed by atoms with Gasteiger partial charge in [-0.3, -0.25) is 4.79 Å². The van der Waals surface area contributed by atoms with Crippen LogP contribution in [-0.4, -0.2) is 40.6 Å². The van der Waals surface area contributed by atoms with Crippen LogP contribution in [0.2, 0.25) is 5.02 Å². The monoisotopic (exact) mass is 322 g/mol. The Morgan fingerprint density at radius 3 is 2.73 bits per heavy atom. The third kappa shape index (κ3) is 4.32. The van der Waals surface area contributed by atoms with Crippen LogP contribution >= 0.6 is 11.6 Å². The molecule has 0 aliphatic carbocycles. The second-order valence-electron chi connectivity index (χ2n) is 4.82. The van der Waals surface area contributed by atoms with Crippen molar-refractivity contribution in [2.24, 2.45) is 0 Å².